The second-order valence-electron chi connectivity index (χ2n) is 29.4. The van der Waals surface area contributed by atoms with Crippen LogP contribution in [0.2, 0.25) is 0 Å². The number of methoxy groups -OCH3 is 2. The molecule has 40 heteroatoms. The number of amides is 10. The van der Waals surface area contributed by atoms with Gasteiger partial charge in [-0.2, -0.15) is 0 Å². The molecular formula is C81H97F2N15O23. The van der Waals surface area contributed by atoms with Gasteiger partial charge in [0.1, 0.15) is 31.7 Å². The zero-order valence-electron chi connectivity index (χ0n) is 67.3. The van der Waals surface area contributed by atoms with Crippen molar-refractivity contribution >= 4 is 92.8 Å². The number of nitrogens with zero attached hydrogens (tertiary/aromatic N) is 6. The molecule has 4 aromatic heterocycles. The first-order valence-electron chi connectivity index (χ1n) is 39.8. The van der Waals surface area contributed by atoms with E-state index < -0.39 is 149 Å². The molecule has 0 saturated heterocycles. The van der Waals surface area contributed by atoms with Crippen molar-refractivity contribution in [1.29, 1.82) is 0 Å². The largest absolute Gasteiger partial charge is 0.494 e. The van der Waals surface area contributed by atoms with Crippen molar-refractivity contribution in [2.45, 2.75) is 160 Å². The molecule has 0 saturated carbocycles. The van der Waals surface area contributed by atoms with E-state index in [4.69, 9.17) is 33.7 Å². The highest BCUT2D eigenvalue weighted by atomic mass is 19.1. The number of hydrogen-bond donors (Lipinski definition) is 13. The van der Waals surface area contributed by atoms with Gasteiger partial charge in [0.25, 0.3) is 22.9 Å². The molecule has 10 amide bonds. The number of cyclic esters (lactones) is 2. The van der Waals surface area contributed by atoms with Gasteiger partial charge >= 0.3 is 11.9 Å². The summed E-state index contributed by atoms with van der Waals surface area (Å²) in [6, 6.07) is 7.67. The van der Waals surface area contributed by atoms with Gasteiger partial charge in [-0.05, 0) is 81.3 Å². The van der Waals surface area contributed by atoms with Crippen molar-refractivity contribution in [3.8, 4) is 34.3 Å². The molecule has 5 aliphatic rings. The summed E-state index contributed by atoms with van der Waals surface area (Å²) in [5.41, 5.74) is -2.67. The van der Waals surface area contributed by atoms with E-state index in [0.717, 1.165) is 23.1 Å². The second kappa shape index (κ2) is 39.9. The Kier molecular flexibility index (Phi) is 29.6. The van der Waals surface area contributed by atoms with E-state index in [0.29, 0.717) is 34.1 Å². The quantitative estimate of drug-likeness (QED) is 0.00963. The highest BCUT2D eigenvalue weighted by Crippen LogP contribution is 2.45. The molecule has 0 fully saturated rings. The van der Waals surface area contributed by atoms with Gasteiger partial charge in [0.2, 0.25) is 47.3 Å². The van der Waals surface area contributed by atoms with Crippen LogP contribution in [0.15, 0.2) is 64.2 Å². The van der Waals surface area contributed by atoms with Crippen LogP contribution in [0.4, 0.5) is 8.78 Å². The SMILES string of the molecule is CCOCCNC(=O)CC[C@H](NC(=O)CCCN1C(=O)C=CC1=O)C(=O)NCCCC(=O)N(CCNC(=O)CCC(=O)NCC(=O)NCc1c2c(nc3cc(F)c(OC)cc13)-c1cc3c(c(=O)n1C2)COC(=O)[C@]3(O)CC)CCNC(O)CCC(=O)NCC(O)NCC1c2cc3cc(OC)c(F)cc3nc2-c2cc3c(c(=O)n21)COC(=O)[C@]3(O)CC. The average molecular weight is 1690 g/mol. The van der Waals surface area contributed by atoms with Crippen molar-refractivity contribution in [3.05, 3.63) is 126 Å². The van der Waals surface area contributed by atoms with E-state index in [2.05, 4.69) is 47.9 Å². The maximum atomic E-state index is 15.3. The first-order chi connectivity index (χ1) is 57.9. The Balaban J connectivity index is 0.677. The van der Waals surface area contributed by atoms with Gasteiger partial charge in [-0.3, -0.25) is 77.6 Å². The minimum Gasteiger partial charge on any atom is -0.494 e. The number of aromatic nitrogens is 4. The molecule has 3 unspecified atom stereocenters. The lowest BCUT2D eigenvalue weighted by Gasteiger charge is -2.32. The first kappa shape index (κ1) is 89.7. The smallest absolute Gasteiger partial charge is 0.343 e. The Hall–Kier alpha value is -12.1. The summed E-state index contributed by atoms with van der Waals surface area (Å²) in [5, 5.41) is 70.2. The fourth-order valence-corrected chi connectivity index (χ4v) is 15.0. The van der Waals surface area contributed by atoms with Crippen LogP contribution in [0.5, 0.6) is 11.5 Å². The lowest BCUT2D eigenvalue weighted by molar-refractivity contribution is -0.172. The third-order valence-corrected chi connectivity index (χ3v) is 21.7. The number of nitrogens with one attached hydrogen (secondary N) is 9. The molecule has 0 bridgehead atoms. The number of carbonyl (C=O) groups is 12. The number of aliphatic hydroxyl groups excluding tert-OH is 2. The van der Waals surface area contributed by atoms with Gasteiger partial charge in [-0.25, -0.2) is 28.3 Å². The topological polar surface area (TPSA) is 516 Å². The summed E-state index contributed by atoms with van der Waals surface area (Å²) >= 11 is 0. The Morgan fingerprint density at radius 2 is 1.22 bits per heavy atom. The van der Waals surface area contributed by atoms with Gasteiger partial charge in [0, 0.05) is 161 Å². The number of carbonyl (C=O) groups excluding carboxylic acids is 12. The van der Waals surface area contributed by atoms with Crippen LogP contribution in [-0.4, -0.2) is 232 Å². The number of aliphatic hydroxyl groups is 4. The number of ether oxygens (including phenoxy) is 5. The third-order valence-electron chi connectivity index (χ3n) is 21.7. The Morgan fingerprint density at radius 1 is 0.612 bits per heavy atom. The number of hydrogen-bond acceptors (Lipinski definition) is 27. The molecule has 0 radical (unpaired) electrons. The average Bonchev–Trinajstić information content (AvgIpc) is 1.58. The highest BCUT2D eigenvalue weighted by Gasteiger charge is 2.48. The standard InChI is InChI=1S/C81H97F2N15O23/c1-6-80(115)50-32-57-74-47(40-97(57)76(111)48(50)41-120-78(80)113)46(44-31-61(118-5)53(83)35-56(44)94-74)36-88-68(105)38-90-65(102)17-15-63(100)84-22-26-95(70(107)12-9-21-87-75(110)54(13-14-62(99)86-24-28-119-8-3)92-67(104)11-10-25-96-71(108)19-20-72(96)109)27-23-85-64(101)16-18-66(103)91-39-69(106)89-37-59-45-29-43-30-60(117-4)52(82)34-55(43)93-73(45)58-33-51-49(77(112)98(58)59)42-121-79(114)81(51,116)7-2/h19-20,29-35,54,59,64,69,85,89,101,106,115-116H,6-18,21-28,36-42H2,1-5H3,(H,84,100)(H,86,99)(H,87,110)(H,88,105)(H,90,102)(H,91,103)(H,92,104)/t54-,59?,64?,69?,80-,81-/m0/s1. The highest BCUT2D eigenvalue weighted by molar-refractivity contribution is 6.13. The van der Waals surface area contributed by atoms with Crippen molar-refractivity contribution in [1.82, 2.24) is 76.8 Å². The fraction of sp³-hybridized carbons (Fsp3) is 0.481. The molecule has 11 rings (SSSR count). The lowest BCUT2D eigenvalue weighted by Crippen LogP contribution is -2.48. The zero-order valence-corrected chi connectivity index (χ0v) is 67.3. The molecule has 2 aromatic carbocycles. The fourth-order valence-electron chi connectivity index (χ4n) is 15.0. The Morgan fingerprint density at radius 3 is 1.90 bits per heavy atom. The molecule has 0 aliphatic carbocycles. The van der Waals surface area contributed by atoms with Crippen LogP contribution < -0.4 is 68.4 Å². The summed E-state index contributed by atoms with van der Waals surface area (Å²) in [4.78, 5) is 197. The molecule has 13 N–H and O–H groups in total. The van der Waals surface area contributed by atoms with Gasteiger partial charge in [0.05, 0.1) is 91.4 Å². The van der Waals surface area contributed by atoms with Gasteiger partial charge < -0.3 is 90.8 Å². The number of esters is 2. The molecule has 121 heavy (non-hydrogen) atoms. The Labute approximate surface area is 690 Å². The number of benzene rings is 2. The van der Waals surface area contributed by atoms with E-state index >= 15 is 8.78 Å². The molecule has 0 spiro atoms. The van der Waals surface area contributed by atoms with Gasteiger partial charge in [0.15, 0.2) is 34.3 Å². The van der Waals surface area contributed by atoms with E-state index in [-0.39, 0.29) is 223 Å². The summed E-state index contributed by atoms with van der Waals surface area (Å²) in [7, 11) is 2.56. The van der Waals surface area contributed by atoms with Crippen LogP contribution in [0.25, 0.3) is 44.6 Å². The van der Waals surface area contributed by atoms with Crippen LogP contribution in [0.3, 0.4) is 0 Å². The van der Waals surface area contributed by atoms with Crippen molar-refractivity contribution in [2.75, 3.05) is 92.9 Å². The maximum absolute atomic E-state index is 15.3. The first-order valence-corrected chi connectivity index (χ1v) is 39.8. The summed E-state index contributed by atoms with van der Waals surface area (Å²) in [5.74, 6) is -9.36. The van der Waals surface area contributed by atoms with Gasteiger partial charge in [-0.15, -0.1) is 0 Å². The minimum atomic E-state index is -2.15. The van der Waals surface area contributed by atoms with Crippen LogP contribution >= 0.6 is 0 Å². The van der Waals surface area contributed by atoms with Crippen LogP contribution in [0.1, 0.15) is 143 Å². The Bertz CT molecular complexity index is 5220. The summed E-state index contributed by atoms with van der Waals surface area (Å²) in [6.07, 6.45) is -2.54. The second-order valence-corrected chi connectivity index (χ2v) is 29.4. The minimum absolute atomic E-state index is 0.0234. The van der Waals surface area contributed by atoms with Crippen LogP contribution in [0, 0.1) is 11.6 Å². The summed E-state index contributed by atoms with van der Waals surface area (Å²) < 4.78 is 59.2. The number of halogens is 2. The molecule has 648 valence electrons. The number of rotatable bonds is 43. The van der Waals surface area contributed by atoms with E-state index in [1.165, 1.54) is 58.6 Å². The monoisotopic (exact) mass is 1690 g/mol. The molecule has 6 aromatic rings. The van der Waals surface area contributed by atoms with Crippen molar-refractivity contribution in [3.63, 3.8) is 0 Å². The summed E-state index contributed by atoms with van der Waals surface area (Å²) in [6.45, 7) is 3.00. The van der Waals surface area contributed by atoms with Crippen molar-refractivity contribution < 1.29 is 110 Å². The van der Waals surface area contributed by atoms with E-state index in [1.807, 2.05) is 0 Å². The predicted molar refractivity (Wildman–Crippen MR) is 423 cm³/mol. The molecule has 9 heterocycles. The predicted octanol–water partition coefficient (Wildman–Crippen LogP) is -0.802. The van der Waals surface area contributed by atoms with Crippen LogP contribution in [-0.2, 0) is 109 Å². The number of pyridine rings is 4. The van der Waals surface area contributed by atoms with E-state index in [1.54, 1.807) is 26.8 Å². The maximum Gasteiger partial charge on any atom is 0.343 e. The molecule has 38 nitrogen and oxygen atoms in total. The zero-order chi connectivity index (χ0) is 87.1. The molecular weight excluding hydrogens is 1590 g/mol. The van der Waals surface area contributed by atoms with Crippen molar-refractivity contribution in [2.24, 2.45) is 0 Å². The van der Waals surface area contributed by atoms with E-state index in [9.17, 15) is 87.5 Å². The third kappa shape index (κ3) is 20.5. The normalized spacial score (nSPS) is 17.2. The number of fused-ring (bicyclic) bond motifs is 10. The molecule has 6 atom stereocenters. The lowest BCUT2D eigenvalue weighted by atomic mass is 9.86. The molecule has 5 aliphatic heterocycles. The van der Waals surface area contributed by atoms with Gasteiger partial charge in [-0.1, -0.05) is 13.8 Å². The number of imide groups is 1.